The normalized spacial score (nSPS) is 10.1. The van der Waals surface area contributed by atoms with Crippen molar-refractivity contribution in [1.29, 1.82) is 0 Å². The fourth-order valence-electron chi connectivity index (χ4n) is 1.64. The lowest BCUT2D eigenvalue weighted by atomic mass is 10.1. The zero-order valence-corrected chi connectivity index (χ0v) is 10.5. The quantitative estimate of drug-likeness (QED) is 0.689. The molecule has 20 heavy (non-hydrogen) atoms. The molecule has 1 amide bonds. The van der Waals surface area contributed by atoms with E-state index < -0.39 is 22.3 Å². The van der Waals surface area contributed by atoms with Crippen LogP contribution in [0.5, 0.6) is 0 Å². The Bertz CT molecular complexity index is 688. The SMILES string of the molecule is Cc1ccnc(NC(=O)c2cc(F)ccc2[N+](=O)[O-])c1. The number of aromatic nitrogens is 1. The molecule has 6 nitrogen and oxygen atoms in total. The van der Waals surface area contributed by atoms with Gasteiger partial charge >= 0.3 is 0 Å². The predicted octanol–water partition coefficient (Wildman–Crippen LogP) is 2.69. The van der Waals surface area contributed by atoms with Gasteiger partial charge in [0.1, 0.15) is 17.2 Å². The summed E-state index contributed by atoms with van der Waals surface area (Å²) in [6, 6.07) is 6.04. The molecule has 0 saturated carbocycles. The highest BCUT2D eigenvalue weighted by Crippen LogP contribution is 2.20. The fraction of sp³-hybridized carbons (Fsp3) is 0.0769. The van der Waals surface area contributed by atoms with Crippen molar-refractivity contribution in [3.8, 4) is 0 Å². The molecule has 0 unspecified atom stereocenters. The number of rotatable bonds is 3. The van der Waals surface area contributed by atoms with Crippen LogP contribution in [-0.4, -0.2) is 15.8 Å². The maximum atomic E-state index is 13.2. The van der Waals surface area contributed by atoms with Gasteiger partial charge in [-0.05, 0) is 36.8 Å². The lowest BCUT2D eigenvalue weighted by molar-refractivity contribution is -0.385. The van der Waals surface area contributed by atoms with Crippen LogP contribution in [0.2, 0.25) is 0 Å². The van der Waals surface area contributed by atoms with Gasteiger partial charge in [0.2, 0.25) is 0 Å². The second-order valence-corrected chi connectivity index (χ2v) is 4.09. The minimum Gasteiger partial charge on any atom is -0.306 e. The molecule has 0 atom stereocenters. The molecular formula is C13H10FN3O3. The van der Waals surface area contributed by atoms with Crippen LogP contribution in [0.1, 0.15) is 15.9 Å². The molecule has 0 aliphatic carbocycles. The van der Waals surface area contributed by atoms with Crippen molar-refractivity contribution >= 4 is 17.4 Å². The molecule has 102 valence electrons. The third-order valence-electron chi connectivity index (χ3n) is 2.56. The number of hydrogen-bond donors (Lipinski definition) is 1. The lowest BCUT2D eigenvalue weighted by Crippen LogP contribution is -2.15. The smallest absolute Gasteiger partial charge is 0.282 e. The molecule has 1 N–H and O–H groups in total. The van der Waals surface area contributed by atoms with Crippen LogP contribution in [0.25, 0.3) is 0 Å². The summed E-state index contributed by atoms with van der Waals surface area (Å²) in [6.07, 6.45) is 1.49. The number of anilines is 1. The van der Waals surface area contributed by atoms with Crippen LogP contribution in [0.4, 0.5) is 15.9 Å². The molecule has 0 bridgehead atoms. The Balaban J connectivity index is 2.34. The lowest BCUT2D eigenvalue weighted by Gasteiger charge is -2.05. The highest BCUT2D eigenvalue weighted by Gasteiger charge is 2.21. The molecule has 1 aromatic heterocycles. The van der Waals surface area contributed by atoms with Gasteiger partial charge in [-0.3, -0.25) is 14.9 Å². The first-order valence-electron chi connectivity index (χ1n) is 5.65. The standard InChI is InChI=1S/C13H10FN3O3/c1-8-4-5-15-12(6-8)16-13(18)10-7-9(14)2-3-11(10)17(19)20/h2-7H,1H3,(H,15,16,18). The Labute approximate surface area is 113 Å². The van der Waals surface area contributed by atoms with E-state index in [1.165, 1.54) is 6.20 Å². The molecule has 2 aromatic rings. The number of benzene rings is 1. The second kappa shape index (κ2) is 5.43. The summed E-state index contributed by atoms with van der Waals surface area (Å²) in [5.41, 5.74) is 0.0545. The number of pyridine rings is 1. The summed E-state index contributed by atoms with van der Waals surface area (Å²) < 4.78 is 13.2. The number of halogens is 1. The summed E-state index contributed by atoms with van der Waals surface area (Å²) in [5, 5.41) is 13.2. The van der Waals surface area contributed by atoms with Crippen LogP contribution in [0.3, 0.4) is 0 Å². The highest BCUT2D eigenvalue weighted by atomic mass is 19.1. The van der Waals surface area contributed by atoms with E-state index >= 15 is 0 Å². The monoisotopic (exact) mass is 275 g/mol. The number of nitrogens with zero attached hydrogens (tertiary/aromatic N) is 2. The first kappa shape index (κ1) is 13.6. The summed E-state index contributed by atoms with van der Waals surface area (Å²) in [7, 11) is 0. The van der Waals surface area contributed by atoms with Crippen molar-refractivity contribution in [2.75, 3.05) is 5.32 Å². The van der Waals surface area contributed by atoms with E-state index in [2.05, 4.69) is 10.3 Å². The Morgan fingerprint density at radius 1 is 1.35 bits per heavy atom. The van der Waals surface area contributed by atoms with Crippen LogP contribution in [0.15, 0.2) is 36.5 Å². The van der Waals surface area contributed by atoms with Gasteiger partial charge in [-0.15, -0.1) is 0 Å². The predicted molar refractivity (Wildman–Crippen MR) is 70.0 cm³/mol. The van der Waals surface area contributed by atoms with Crippen molar-refractivity contribution in [2.24, 2.45) is 0 Å². The van der Waals surface area contributed by atoms with Gasteiger partial charge in [0, 0.05) is 12.3 Å². The maximum Gasteiger partial charge on any atom is 0.282 e. The molecule has 0 fully saturated rings. The van der Waals surface area contributed by atoms with E-state index in [0.29, 0.717) is 0 Å². The molecule has 0 aliphatic heterocycles. The van der Waals surface area contributed by atoms with E-state index in [4.69, 9.17) is 0 Å². The van der Waals surface area contributed by atoms with Crippen molar-refractivity contribution in [3.05, 3.63) is 63.6 Å². The van der Waals surface area contributed by atoms with Crippen molar-refractivity contribution in [1.82, 2.24) is 4.98 Å². The Hall–Kier alpha value is -2.83. The first-order valence-corrected chi connectivity index (χ1v) is 5.65. The van der Waals surface area contributed by atoms with E-state index in [1.54, 1.807) is 12.1 Å². The average Bonchev–Trinajstić information content (AvgIpc) is 2.38. The van der Waals surface area contributed by atoms with Gasteiger partial charge in [0.05, 0.1) is 4.92 Å². The number of carbonyl (C=O) groups excluding carboxylic acids is 1. The van der Waals surface area contributed by atoms with Crippen LogP contribution in [-0.2, 0) is 0 Å². The molecule has 7 heteroatoms. The maximum absolute atomic E-state index is 13.2. The molecule has 2 rings (SSSR count). The van der Waals surface area contributed by atoms with Crippen molar-refractivity contribution < 1.29 is 14.1 Å². The summed E-state index contributed by atoms with van der Waals surface area (Å²) in [5.74, 6) is -1.26. The van der Waals surface area contributed by atoms with Gasteiger partial charge in [0.25, 0.3) is 11.6 Å². The number of aryl methyl sites for hydroxylation is 1. The minimum atomic E-state index is -0.783. The molecule has 0 saturated heterocycles. The van der Waals surface area contributed by atoms with E-state index in [1.807, 2.05) is 6.92 Å². The van der Waals surface area contributed by atoms with E-state index in [9.17, 15) is 19.3 Å². The number of hydrogen-bond acceptors (Lipinski definition) is 4. The molecule has 1 heterocycles. The third kappa shape index (κ3) is 2.94. The molecule has 0 radical (unpaired) electrons. The number of nitrogens with one attached hydrogen (secondary N) is 1. The van der Waals surface area contributed by atoms with Crippen LogP contribution < -0.4 is 5.32 Å². The number of amides is 1. The van der Waals surface area contributed by atoms with Crippen molar-refractivity contribution in [3.63, 3.8) is 0 Å². The van der Waals surface area contributed by atoms with Crippen LogP contribution in [0, 0.1) is 22.9 Å². The minimum absolute atomic E-state index is 0.244. The Kier molecular flexibility index (Phi) is 3.69. The zero-order chi connectivity index (χ0) is 14.7. The Morgan fingerprint density at radius 3 is 2.75 bits per heavy atom. The number of nitro groups is 1. The summed E-state index contributed by atoms with van der Waals surface area (Å²) in [4.78, 5) is 26.0. The second-order valence-electron chi connectivity index (χ2n) is 4.09. The van der Waals surface area contributed by atoms with Gasteiger partial charge in [0.15, 0.2) is 0 Å². The molecule has 0 spiro atoms. The number of carbonyl (C=O) groups is 1. The van der Waals surface area contributed by atoms with Gasteiger partial charge in [-0.25, -0.2) is 9.37 Å². The molecule has 0 aliphatic rings. The Morgan fingerprint density at radius 2 is 2.10 bits per heavy atom. The van der Waals surface area contributed by atoms with Gasteiger partial charge < -0.3 is 5.32 Å². The zero-order valence-electron chi connectivity index (χ0n) is 10.5. The summed E-state index contributed by atoms with van der Waals surface area (Å²) in [6.45, 7) is 1.81. The average molecular weight is 275 g/mol. The summed E-state index contributed by atoms with van der Waals surface area (Å²) >= 11 is 0. The van der Waals surface area contributed by atoms with Crippen molar-refractivity contribution in [2.45, 2.75) is 6.92 Å². The third-order valence-corrected chi connectivity index (χ3v) is 2.56. The van der Waals surface area contributed by atoms with Crippen LogP contribution >= 0.6 is 0 Å². The fourth-order valence-corrected chi connectivity index (χ4v) is 1.64. The van der Waals surface area contributed by atoms with Gasteiger partial charge in [-0.2, -0.15) is 0 Å². The molecular weight excluding hydrogens is 265 g/mol. The number of nitro benzene ring substituents is 1. The topological polar surface area (TPSA) is 85.1 Å². The largest absolute Gasteiger partial charge is 0.306 e. The molecule has 1 aromatic carbocycles. The highest BCUT2D eigenvalue weighted by molar-refractivity contribution is 6.06. The van der Waals surface area contributed by atoms with E-state index in [0.717, 1.165) is 23.8 Å². The first-order chi connectivity index (χ1) is 9.47. The van der Waals surface area contributed by atoms with E-state index in [-0.39, 0.29) is 11.4 Å². The van der Waals surface area contributed by atoms with Gasteiger partial charge in [-0.1, -0.05) is 0 Å².